The van der Waals surface area contributed by atoms with E-state index in [0.29, 0.717) is 17.5 Å². The highest BCUT2D eigenvalue weighted by atomic mass is 32.2. The second kappa shape index (κ2) is 5.94. The van der Waals surface area contributed by atoms with Gasteiger partial charge < -0.3 is 0 Å². The zero-order chi connectivity index (χ0) is 14.6. The van der Waals surface area contributed by atoms with Crippen LogP contribution in [-0.4, -0.2) is 19.9 Å². The van der Waals surface area contributed by atoms with E-state index in [1.54, 1.807) is 19.9 Å². The zero-order valence-electron chi connectivity index (χ0n) is 10.8. The third-order valence-electron chi connectivity index (χ3n) is 2.76. The topological polar surface area (TPSA) is 89.3 Å². The second-order valence-corrected chi connectivity index (χ2v) is 5.88. The minimum atomic E-state index is -3.73. The monoisotopic (exact) mass is 284 g/mol. The van der Waals surface area contributed by atoms with Crippen LogP contribution < -0.4 is 4.72 Å². The summed E-state index contributed by atoms with van der Waals surface area (Å²) in [4.78, 5) is 10.2. The van der Waals surface area contributed by atoms with Crippen LogP contribution >= 0.6 is 0 Å². The van der Waals surface area contributed by atoms with Crippen LogP contribution in [0.1, 0.15) is 17.5 Å². The lowest BCUT2D eigenvalue weighted by atomic mass is 10.1. The van der Waals surface area contributed by atoms with Crippen LogP contribution in [0, 0.1) is 24.0 Å². The summed E-state index contributed by atoms with van der Waals surface area (Å²) >= 11 is 0. The maximum absolute atomic E-state index is 12.0. The van der Waals surface area contributed by atoms with Gasteiger partial charge in [-0.1, -0.05) is 6.08 Å². The van der Waals surface area contributed by atoms with Crippen LogP contribution in [0.4, 0.5) is 5.69 Å². The van der Waals surface area contributed by atoms with Crippen LogP contribution in [0.3, 0.4) is 0 Å². The van der Waals surface area contributed by atoms with Gasteiger partial charge in [0.15, 0.2) is 0 Å². The number of nitrogens with one attached hydrogen (secondary N) is 1. The Morgan fingerprint density at radius 1 is 1.42 bits per heavy atom. The molecule has 0 aromatic heterocycles. The lowest BCUT2D eigenvalue weighted by molar-refractivity contribution is -0.385. The van der Waals surface area contributed by atoms with Gasteiger partial charge in [-0.15, -0.1) is 6.58 Å². The van der Waals surface area contributed by atoms with Crippen molar-refractivity contribution < 1.29 is 13.3 Å². The number of nitro groups is 1. The lowest BCUT2D eigenvalue weighted by Gasteiger charge is -2.08. The van der Waals surface area contributed by atoms with Gasteiger partial charge in [-0.25, -0.2) is 13.1 Å². The van der Waals surface area contributed by atoms with Crippen molar-refractivity contribution in [2.75, 3.05) is 6.54 Å². The minimum absolute atomic E-state index is 0.0913. The highest BCUT2D eigenvalue weighted by molar-refractivity contribution is 7.89. The molecule has 0 atom stereocenters. The summed E-state index contributed by atoms with van der Waals surface area (Å²) in [6.07, 6.45) is 2.08. The van der Waals surface area contributed by atoms with E-state index in [0.717, 1.165) is 6.07 Å². The molecule has 0 aliphatic rings. The van der Waals surface area contributed by atoms with Gasteiger partial charge in [0.2, 0.25) is 10.0 Å². The first kappa shape index (κ1) is 15.3. The highest BCUT2D eigenvalue weighted by Crippen LogP contribution is 2.25. The third-order valence-corrected chi connectivity index (χ3v) is 4.20. The quantitative estimate of drug-likeness (QED) is 0.375. The summed E-state index contributed by atoms with van der Waals surface area (Å²) in [5, 5.41) is 10.9. The van der Waals surface area contributed by atoms with Crippen molar-refractivity contribution in [3.63, 3.8) is 0 Å². The van der Waals surface area contributed by atoms with Gasteiger partial charge in [-0.2, -0.15) is 0 Å². The molecule has 0 aliphatic heterocycles. The number of rotatable bonds is 6. The Hall–Kier alpha value is -1.73. The van der Waals surface area contributed by atoms with E-state index in [2.05, 4.69) is 11.3 Å². The van der Waals surface area contributed by atoms with E-state index in [1.807, 2.05) is 0 Å². The van der Waals surface area contributed by atoms with Gasteiger partial charge in [-0.05, 0) is 31.9 Å². The fourth-order valence-electron chi connectivity index (χ4n) is 1.53. The van der Waals surface area contributed by atoms with Crippen LogP contribution in [0.5, 0.6) is 0 Å². The Balaban J connectivity index is 3.21. The number of hydrogen-bond acceptors (Lipinski definition) is 4. The summed E-state index contributed by atoms with van der Waals surface area (Å²) in [5.41, 5.74) is 0.845. The SMILES string of the molecule is C=CCCNS(=O)(=O)c1cc(C)c(C)c([N+](=O)[O-])c1. The molecule has 0 radical (unpaired) electrons. The smallest absolute Gasteiger partial charge is 0.258 e. The molecule has 0 unspecified atom stereocenters. The lowest BCUT2D eigenvalue weighted by Crippen LogP contribution is -2.24. The van der Waals surface area contributed by atoms with Crippen LogP contribution in [0.2, 0.25) is 0 Å². The van der Waals surface area contributed by atoms with E-state index in [1.165, 1.54) is 6.07 Å². The van der Waals surface area contributed by atoms with Crippen molar-refractivity contribution in [3.05, 3.63) is 46.0 Å². The van der Waals surface area contributed by atoms with E-state index >= 15 is 0 Å². The Morgan fingerprint density at radius 2 is 2.05 bits per heavy atom. The average molecular weight is 284 g/mol. The number of benzene rings is 1. The van der Waals surface area contributed by atoms with Crippen LogP contribution in [-0.2, 0) is 10.0 Å². The third kappa shape index (κ3) is 3.62. The summed E-state index contributed by atoms with van der Waals surface area (Å²) < 4.78 is 26.3. The largest absolute Gasteiger partial charge is 0.273 e. The summed E-state index contributed by atoms with van der Waals surface area (Å²) in [5.74, 6) is 0. The van der Waals surface area contributed by atoms with Crippen LogP contribution in [0.25, 0.3) is 0 Å². The molecule has 0 aliphatic carbocycles. The highest BCUT2D eigenvalue weighted by Gasteiger charge is 2.21. The van der Waals surface area contributed by atoms with Gasteiger partial charge in [0.05, 0.1) is 9.82 Å². The average Bonchev–Trinajstić information content (AvgIpc) is 2.32. The predicted molar refractivity (Wildman–Crippen MR) is 72.6 cm³/mol. The van der Waals surface area contributed by atoms with Gasteiger partial charge >= 0.3 is 0 Å². The number of aryl methyl sites for hydroxylation is 1. The first-order valence-electron chi connectivity index (χ1n) is 5.66. The molecule has 6 nitrogen and oxygen atoms in total. The first-order valence-corrected chi connectivity index (χ1v) is 7.14. The van der Waals surface area contributed by atoms with Crippen molar-refractivity contribution in [1.82, 2.24) is 4.72 Å². The minimum Gasteiger partial charge on any atom is -0.258 e. The molecule has 104 valence electrons. The molecule has 1 aromatic rings. The van der Waals surface area contributed by atoms with Crippen molar-refractivity contribution >= 4 is 15.7 Å². The molecule has 0 heterocycles. The van der Waals surface area contributed by atoms with E-state index in [-0.39, 0.29) is 17.1 Å². The van der Waals surface area contributed by atoms with Gasteiger partial charge in [0, 0.05) is 18.2 Å². The molecule has 1 rings (SSSR count). The molecule has 1 N–H and O–H groups in total. The molecule has 0 spiro atoms. The molecule has 0 amide bonds. The fraction of sp³-hybridized carbons (Fsp3) is 0.333. The number of sulfonamides is 1. The molecule has 0 fully saturated rings. The maximum atomic E-state index is 12.0. The van der Waals surface area contributed by atoms with E-state index in [4.69, 9.17) is 0 Å². The molecule has 0 saturated carbocycles. The van der Waals surface area contributed by atoms with Crippen LogP contribution in [0.15, 0.2) is 29.7 Å². The predicted octanol–water partition coefficient (Wildman–Crippen LogP) is 2.07. The van der Waals surface area contributed by atoms with E-state index < -0.39 is 14.9 Å². The molecular formula is C12H16N2O4S. The van der Waals surface area contributed by atoms with Crippen molar-refractivity contribution in [3.8, 4) is 0 Å². The van der Waals surface area contributed by atoms with Crippen molar-refractivity contribution in [1.29, 1.82) is 0 Å². The van der Waals surface area contributed by atoms with E-state index in [9.17, 15) is 18.5 Å². The van der Waals surface area contributed by atoms with Crippen molar-refractivity contribution in [2.45, 2.75) is 25.2 Å². The Labute approximate surface area is 112 Å². The maximum Gasteiger partial charge on any atom is 0.273 e. The number of hydrogen-bond donors (Lipinski definition) is 1. The second-order valence-electron chi connectivity index (χ2n) is 4.12. The molecule has 0 saturated heterocycles. The molecule has 19 heavy (non-hydrogen) atoms. The summed E-state index contributed by atoms with van der Waals surface area (Å²) in [7, 11) is -3.73. The zero-order valence-corrected chi connectivity index (χ0v) is 11.7. The molecule has 0 bridgehead atoms. The normalized spacial score (nSPS) is 11.3. The van der Waals surface area contributed by atoms with Crippen molar-refractivity contribution in [2.24, 2.45) is 0 Å². The number of nitrogens with zero attached hydrogens (tertiary/aromatic N) is 1. The van der Waals surface area contributed by atoms with Gasteiger partial charge in [-0.3, -0.25) is 10.1 Å². The molecular weight excluding hydrogens is 268 g/mol. The Kier molecular flexibility index (Phi) is 4.79. The fourth-order valence-corrected chi connectivity index (χ4v) is 2.68. The van der Waals surface area contributed by atoms with Gasteiger partial charge in [0.1, 0.15) is 0 Å². The summed E-state index contributed by atoms with van der Waals surface area (Å²) in [6.45, 7) is 6.94. The molecule has 1 aromatic carbocycles. The first-order chi connectivity index (χ1) is 8.79. The number of nitro benzene ring substituents is 1. The standard InChI is InChI=1S/C12H16N2O4S/c1-4-5-6-13-19(17,18)11-7-9(2)10(3)12(8-11)14(15)16/h4,7-8,13H,1,5-6H2,2-3H3. The molecule has 7 heteroatoms. The Morgan fingerprint density at radius 3 is 2.58 bits per heavy atom. The summed E-state index contributed by atoms with van der Waals surface area (Å²) in [6, 6.07) is 2.51. The van der Waals surface area contributed by atoms with Gasteiger partial charge in [0.25, 0.3) is 5.69 Å². The Bertz CT molecular complexity index is 608.